The maximum Gasteiger partial charge on any atom is 0.341 e. The van der Waals surface area contributed by atoms with E-state index in [0.29, 0.717) is 24.1 Å². The molecule has 0 amide bonds. The molecule has 0 unspecified atom stereocenters. The molecule has 2 rings (SSSR count). The lowest BCUT2D eigenvalue weighted by Crippen LogP contribution is -2.49. The zero-order valence-corrected chi connectivity index (χ0v) is 15.1. The SMILES string of the molecule is C/C=C(\C)C(=O)O[C@@H](C)[C@](C)(O)C(=O)OC[C@@H]1CCN2CCC[C@@H]12. The average molecular weight is 339 g/mol. The van der Waals surface area contributed by atoms with Crippen LogP contribution in [0.25, 0.3) is 0 Å². The summed E-state index contributed by atoms with van der Waals surface area (Å²) in [7, 11) is 0. The molecule has 6 nitrogen and oxygen atoms in total. The number of rotatable bonds is 6. The number of carbonyl (C=O) groups is 2. The summed E-state index contributed by atoms with van der Waals surface area (Å²) in [6.45, 7) is 8.66. The van der Waals surface area contributed by atoms with E-state index >= 15 is 0 Å². The molecule has 0 aliphatic carbocycles. The summed E-state index contributed by atoms with van der Waals surface area (Å²) < 4.78 is 10.5. The fourth-order valence-corrected chi connectivity index (χ4v) is 3.36. The van der Waals surface area contributed by atoms with Crippen LogP contribution in [-0.2, 0) is 19.1 Å². The van der Waals surface area contributed by atoms with E-state index in [1.807, 2.05) is 0 Å². The third kappa shape index (κ3) is 3.98. The van der Waals surface area contributed by atoms with E-state index in [1.165, 1.54) is 20.3 Å². The standard InChI is InChI=1S/C18H29NO5/c1-5-12(2)16(20)24-13(3)18(4,22)17(21)23-11-14-8-10-19-9-6-7-15(14)19/h5,13-15,22H,6-11H2,1-4H3/b12-5+/t13-,14-,15-,18-/m0/s1. The monoisotopic (exact) mass is 339 g/mol. The van der Waals surface area contributed by atoms with Crippen LogP contribution < -0.4 is 0 Å². The van der Waals surface area contributed by atoms with Crippen molar-refractivity contribution in [1.29, 1.82) is 0 Å². The van der Waals surface area contributed by atoms with E-state index in [9.17, 15) is 14.7 Å². The van der Waals surface area contributed by atoms with Gasteiger partial charge in [-0.25, -0.2) is 9.59 Å². The van der Waals surface area contributed by atoms with Crippen LogP contribution >= 0.6 is 0 Å². The first kappa shape index (κ1) is 18.9. The molecule has 2 aliphatic rings. The van der Waals surface area contributed by atoms with E-state index < -0.39 is 23.6 Å². The van der Waals surface area contributed by atoms with E-state index in [4.69, 9.17) is 9.47 Å². The lowest BCUT2D eigenvalue weighted by molar-refractivity contribution is -0.183. The van der Waals surface area contributed by atoms with Crippen molar-refractivity contribution in [2.24, 2.45) is 5.92 Å². The molecule has 0 aromatic carbocycles. The van der Waals surface area contributed by atoms with Gasteiger partial charge in [0, 0.05) is 17.5 Å². The first-order chi connectivity index (χ1) is 11.3. The largest absolute Gasteiger partial charge is 0.463 e. The Morgan fingerprint density at radius 3 is 2.75 bits per heavy atom. The fourth-order valence-electron chi connectivity index (χ4n) is 3.36. The molecule has 136 valence electrons. The Bertz CT molecular complexity index is 514. The number of nitrogens with zero attached hydrogens (tertiary/aromatic N) is 1. The zero-order chi connectivity index (χ0) is 17.9. The van der Waals surface area contributed by atoms with Crippen molar-refractivity contribution in [3.8, 4) is 0 Å². The van der Waals surface area contributed by atoms with Gasteiger partial charge in [0.05, 0.1) is 6.61 Å². The summed E-state index contributed by atoms with van der Waals surface area (Å²) in [6.07, 6.45) is 4.00. The highest BCUT2D eigenvalue weighted by Gasteiger charge is 2.43. The minimum atomic E-state index is -1.86. The van der Waals surface area contributed by atoms with Gasteiger partial charge >= 0.3 is 11.9 Å². The Morgan fingerprint density at radius 1 is 1.38 bits per heavy atom. The van der Waals surface area contributed by atoms with Gasteiger partial charge in [0.25, 0.3) is 0 Å². The van der Waals surface area contributed by atoms with Crippen LogP contribution in [0.1, 0.15) is 47.0 Å². The van der Waals surface area contributed by atoms with Crippen LogP contribution in [0.2, 0.25) is 0 Å². The summed E-state index contributed by atoms with van der Waals surface area (Å²) in [5.41, 5.74) is -1.43. The quantitative estimate of drug-likeness (QED) is 0.586. The molecule has 2 saturated heterocycles. The Balaban J connectivity index is 1.86. The van der Waals surface area contributed by atoms with Gasteiger partial charge < -0.3 is 14.6 Å². The molecular weight excluding hydrogens is 310 g/mol. The number of carbonyl (C=O) groups excluding carboxylic acids is 2. The predicted octanol–water partition coefficient (Wildman–Crippen LogP) is 1.66. The van der Waals surface area contributed by atoms with Crippen LogP contribution in [0.15, 0.2) is 11.6 Å². The highest BCUT2D eigenvalue weighted by atomic mass is 16.6. The number of ether oxygens (including phenoxy) is 2. The van der Waals surface area contributed by atoms with Crippen LogP contribution in [0, 0.1) is 5.92 Å². The van der Waals surface area contributed by atoms with Crippen LogP contribution in [0.3, 0.4) is 0 Å². The topological polar surface area (TPSA) is 76.1 Å². The minimum absolute atomic E-state index is 0.310. The predicted molar refractivity (Wildman–Crippen MR) is 89.3 cm³/mol. The molecule has 6 heteroatoms. The maximum absolute atomic E-state index is 12.3. The second-order valence-corrected chi connectivity index (χ2v) is 7.06. The molecule has 24 heavy (non-hydrogen) atoms. The summed E-state index contributed by atoms with van der Waals surface area (Å²) in [4.78, 5) is 26.5. The van der Waals surface area contributed by atoms with E-state index in [1.54, 1.807) is 19.9 Å². The van der Waals surface area contributed by atoms with Crippen molar-refractivity contribution in [2.45, 2.75) is 64.7 Å². The van der Waals surface area contributed by atoms with Gasteiger partial charge in [-0.15, -0.1) is 0 Å². The summed E-state index contributed by atoms with van der Waals surface area (Å²) in [6, 6.07) is 0.496. The van der Waals surface area contributed by atoms with Crippen molar-refractivity contribution < 1.29 is 24.2 Å². The lowest BCUT2D eigenvalue weighted by atomic mass is 9.98. The number of allylic oxidation sites excluding steroid dienone is 1. The molecule has 4 atom stereocenters. The van der Waals surface area contributed by atoms with Crippen LogP contribution in [0.5, 0.6) is 0 Å². The van der Waals surface area contributed by atoms with Crippen molar-refractivity contribution in [1.82, 2.24) is 4.90 Å². The van der Waals surface area contributed by atoms with Crippen molar-refractivity contribution in [3.63, 3.8) is 0 Å². The molecule has 0 spiro atoms. The molecule has 2 fully saturated rings. The number of esters is 2. The van der Waals surface area contributed by atoms with Gasteiger partial charge in [-0.2, -0.15) is 0 Å². The molecule has 1 N–H and O–H groups in total. The number of hydrogen-bond acceptors (Lipinski definition) is 6. The Hall–Kier alpha value is -1.40. The highest BCUT2D eigenvalue weighted by molar-refractivity contribution is 5.88. The van der Waals surface area contributed by atoms with Gasteiger partial charge in [0.15, 0.2) is 5.60 Å². The molecule has 2 aliphatic heterocycles. The van der Waals surface area contributed by atoms with Crippen LogP contribution in [-0.4, -0.2) is 59.4 Å². The van der Waals surface area contributed by atoms with Gasteiger partial charge in [0.2, 0.25) is 0 Å². The normalized spacial score (nSPS) is 28.1. The van der Waals surface area contributed by atoms with Gasteiger partial charge in [-0.1, -0.05) is 6.08 Å². The smallest absolute Gasteiger partial charge is 0.341 e. The average Bonchev–Trinajstić information content (AvgIpc) is 3.15. The second kappa shape index (κ2) is 7.66. The molecule has 0 bridgehead atoms. The number of aliphatic hydroxyl groups is 1. The van der Waals surface area contributed by atoms with Crippen molar-refractivity contribution >= 4 is 11.9 Å². The minimum Gasteiger partial charge on any atom is -0.463 e. The maximum atomic E-state index is 12.3. The van der Waals surface area contributed by atoms with Gasteiger partial charge in [-0.05, 0) is 60.0 Å². The fraction of sp³-hybridized carbons (Fsp3) is 0.778. The summed E-state index contributed by atoms with van der Waals surface area (Å²) in [5, 5.41) is 10.4. The molecule has 0 aromatic rings. The lowest BCUT2D eigenvalue weighted by Gasteiger charge is -2.29. The van der Waals surface area contributed by atoms with Gasteiger partial charge in [0.1, 0.15) is 6.10 Å². The van der Waals surface area contributed by atoms with Crippen molar-refractivity contribution in [2.75, 3.05) is 19.7 Å². The van der Waals surface area contributed by atoms with E-state index in [-0.39, 0.29) is 0 Å². The third-order valence-corrected chi connectivity index (χ3v) is 5.42. The highest BCUT2D eigenvalue weighted by Crippen LogP contribution is 2.33. The number of hydrogen-bond donors (Lipinski definition) is 1. The Morgan fingerprint density at radius 2 is 2.08 bits per heavy atom. The van der Waals surface area contributed by atoms with E-state index in [2.05, 4.69) is 4.90 Å². The summed E-state index contributed by atoms with van der Waals surface area (Å²) in [5.74, 6) is -0.955. The van der Waals surface area contributed by atoms with Crippen molar-refractivity contribution in [3.05, 3.63) is 11.6 Å². The first-order valence-electron chi connectivity index (χ1n) is 8.75. The van der Waals surface area contributed by atoms with E-state index in [0.717, 1.165) is 25.9 Å². The number of fused-ring (bicyclic) bond motifs is 1. The molecule has 0 aromatic heterocycles. The Labute approximate surface area is 143 Å². The van der Waals surface area contributed by atoms with Crippen LogP contribution in [0.4, 0.5) is 0 Å². The van der Waals surface area contributed by atoms with Gasteiger partial charge in [-0.3, -0.25) is 4.90 Å². The Kier molecular flexibility index (Phi) is 6.04. The first-order valence-corrected chi connectivity index (χ1v) is 8.75. The molecule has 2 heterocycles. The third-order valence-electron chi connectivity index (χ3n) is 5.42. The summed E-state index contributed by atoms with van der Waals surface area (Å²) >= 11 is 0. The second-order valence-electron chi connectivity index (χ2n) is 7.06. The zero-order valence-electron chi connectivity index (χ0n) is 15.1. The molecule has 0 saturated carbocycles. The molecule has 0 radical (unpaired) electrons. The molecular formula is C18H29NO5.